The quantitative estimate of drug-likeness (QED) is 0.510. The Morgan fingerprint density at radius 1 is 1.24 bits per heavy atom. The number of amides is 2. The molecule has 2 saturated carbocycles. The fourth-order valence-electron chi connectivity index (χ4n) is 6.39. The Kier molecular flexibility index (Phi) is 6.37. The van der Waals surface area contributed by atoms with E-state index in [0.29, 0.717) is 35.5 Å². The fraction of sp³-hybridized carbons (Fsp3) is 0.654. The van der Waals surface area contributed by atoms with Crippen LogP contribution in [0.4, 0.5) is 0 Å². The van der Waals surface area contributed by atoms with Gasteiger partial charge in [-0.25, -0.2) is 0 Å². The Morgan fingerprint density at radius 3 is 2.68 bits per heavy atom. The molecule has 8 heteroatoms. The first-order valence-electron chi connectivity index (χ1n) is 12.6. The minimum atomic E-state index is -1.01. The Hall–Kier alpha value is -2.45. The minimum Gasteiger partial charge on any atom is -0.481 e. The van der Waals surface area contributed by atoms with Crippen LogP contribution in [-0.2, 0) is 27.3 Å². The van der Waals surface area contributed by atoms with Crippen LogP contribution in [0.25, 0.3) is 0 Å². The molecule has 1 unspecified atom stereocenters. The van der Waals surface area contributed by atoms with Crippen LogP contribution in [0.3, 0.4) is 0 Å². The number of benzene rings is 1. The number of primary amides is 1. The number of carboxylic acid groups (broad SMARTS) is 1. The highest BCUT2D eigenvalue weighted by Gasteiger charge is 2.53. The predicted octanol–water partition coefficient (Wildman–Crippen LogP) is 2.23. The maximum absolute atomic E-state index is 12.9. The average molecular weight is 470 g/mol. The van der Waals surface area contributed by atoms with E-state index in [1.807, 2.05) is 12.1 Å². The second-order valence-corrected chi connectivity index (χ2v) is 10.7. The van der Waals surface area contributed by atoms with Crippen LogP contribution in [0.1, 0.15) is 72.9 Å². The molecule has 1 saturated heterocycles. The SMILES string of the molecule is NC(=O)[C@H](CCC(=O)O)N1Cc2cc(C[C@H]3CCCC[C@@H]3NC3CCC34COC4)ccc2C1=O. The van der Waals surface area contributed by atoms with Crippen LogP contribution in [0.15, 0.2) is 18.2 Å². The van der Waals surface area contributed by atoms with Crippen LogP contribution < -0.4 is 11.1 Å². The number of carbonyl (C=O) groups excluding carboxylic acids is 2. The van der Waals surface area contributed by atoms with Crippen molar-refractivity contribution >= 4 is 17.8 Å². The van der Waals surface area contributed by atoms with E-state index in [1.165, 1.54) is 49.0 Å². The van der Waals surface area contributed by atoms with E-state index in [2.05, 4.69) is 11.4 Å². The zero-order valence-electron chi connectivity index (χ0n) is 19.6. The van der Waals surface area contributed by atoms with Gasteiger partial charge < -0.3 is 25.8 Å². The first-order valence-corrected chi connectivity index (χ1v) is 12.6. The molecule has 1 aromatic carbocycles. The summed E-state index contributed by atoms with van der Waals surface area (Å²) in [6, 6.07) is 6.18. The summed E-state index contributed by atoms with van der Waals surface area (Å²) in [6.07, 6.45) is 8.24. The lowest BCUT2D eigenvalue weighted by Crippen LogP contribution is -2.65. The number of nitrogens with zero attached hydrogens (tertiary/aromatic N) is 1. The number of hydrogen-bond acceptors (Lipinski definition) is 5. The molecule has 4 N–H and O–H groups in total. The van der Waals surface area contributed by atoms with Crippen molar-refractivity contribution in [1.29, 1.82) is 0 Å². The lowest BCUT2D eigenvalue weighted by Gasteiger charge is -2.57. The summed E-state index contributed by atoms with van der Waals surface area (Å²) in [5, 5.41) is 13.0. The molecule has 2 amide bonds. The van der Waals surface area contributed by atoms with Gasteiger partial charge in [-0.05, 0) is 61.6 Å². The van der Waals surface area contributed by atoms with Crippen LogP contribution in [0.2, 0.25) is 0 Å². The summed E-state index contributed by atoms with van der Waals surface area (Å²) in [6.45, 7) is 2.10. The van der Waals surface area contributed by atoms with Gasteiger partial charge in [-0.2, -0.15) is 0 Å². The first kappa shape index (κ1) is 23.3. The van der Waals surface area contributed by atoms with E-state index in [4.69, 9.17) is 15.6 Å². The van der Waals surface area contributed by atoms with Crippen molar-refractivity contribution in [1.82, 2.24) is 10.2 Å². The maximum Gasteiger partial charge on any atom is 0.303 e. The highest BCUT2D eigenvalue weighted by atomic mass is 16.5. The Labute approximate surface area is 200 Å². The largest absolute Gasteiger partial charge is 0.481 e. The van der Waals surface area contributed by atoms with Gasteiger partial charge in [-0.3, -0.25) is 14.4 Å². The van der Waals surface area contributed by atoms with Gasteiger partial charge in [-0.1, -0.05) is 25.0 Å². The van der Waals surface area contributed by atoms with Gasteiger partial charge in [-0.15, -0.1) is 0 Å². The normalized spacial score (nSPS) is 28.2. The van der Waals surface area contributed by atoms with Crippen molar-refractivity contribution in [3.8, 4) is 0 Å². The molecule has 184 valence electrons. The van der Waals surface area contributed by atoms with Crippen LogP contribution in [-0.4, -0.2) is 59.1 Å². The first-order chi connectivity index (χ1) is 16.4. The molecule has 1 spiro atoms. The standard InChI is InChI=1S/C26H35N3O5/c27-24(32)21(7-8-23(30)31)29-13-18-12-16(5-6-19(18)25(29)33)11-17-3-1-2-4-20(17)28-22-9-10-26(22)14-34-15-26/h5-6,12,17,20-22,28H,1-4,7-11,13-15H2,(H2,27,32)(H,30,31)/t17-,20+,21+,22?/m1/s1. The predicted molar refractivity (Wildman–Crippen MR) is 125 cm³/mol. The third kappa shape index (κ3) is 4.33. The van der Waals surface area contributed by atoms with E-state index in [-0.39, 0.29) is 18.7 Å². The maximum atomic E-state index is 12.9. The summed E-state index contributed by atoms with van der Waals surface area (Å²) < 4.78 is 5.51. The van der Waals surface area contributed by atoms with E-state index >= 15 is 0 Å². The minimum absolute atomic E-state index is 0.0281. The van der Waals surface area contributed by atoms with E-state index < -0.39 is 17.9 Å². The molecule has 34 heavy (non-hydrogen) atoms. The molecule has 2 aliphatic heterocycles. The van der Waals surface area contributed by atoms with Gasteiger partial charge in [0.2, 0.25) is 5.91 Å². The third-order valence-corrected chi connectivity index (χ3v) is 8.61. The van der Waals surface area contributed by atoms with Crippen molar-refractivity contribution < 1.29 is 24.2 Å². The molecule has 0 bridgehead atoms. The average Bonchev–Trinajstić information content (AvgIpc) is 3.06. The Bertz CT molecular complexity index is 970. The summed E-state index contributed by atoms with van der Waals surface area (Å²) in [4.78, 5) is 37.3. The molecule has 5 rings (SSSR count). The molecule has 3 fully saturated rings. The molecule has 0 aromatic heterocycles. The van der Waals surface area contributed by atoms with Gasteiger partial charge in [0.15, 0.2) is 0 Å². The molecule has 1 aromatic rings. The van der Waals surface area contributed by atoms with E-state index in [1.54, 1.807) is 0 Å². The van der Waals surface area contributed by atoms with Gasteiger partial charge in [0.25, 0.3) is 5.91 Å². The Balaban J connectivity index is 1.26. The second-order valence-electron chi connectivity index (χ2n) is 10.7. The number of aliphatic carboxylic acids is 1. The lowest BCUT2D eigenvalue weighted by atomic mass is 9.62. The smallest absolute Gasteiger partial charge is 0.303 e. The zero-order chi connectivity index (χ0) is 23.9. The second kappa shape index (κ2) is 9.30. The van der Waals surface area contributed by atoms with Crippen LogP contribution in [0, 0.1) is 11.3 Å². The van der Waals surface area contributed by atoms with Crippen molar-refractivity contribution in [2.75, 3.05) is 13.2 Å². The molecule has 2 heterocycles. The number of hydrogen-bond donors (Lipinski definition) is 3. The van der Waals surface area contributed by atoms with E-state index in [0.717, 1.165) is 25.2 Å². The molecule has 4 atom stereocenters. The van der Waals surface area contributed by atoms with Gasteiger partial charge in [0.1, 0.15) is 6.04 Å². The molecule has 0 radical (unpaired) electrons. The fourth-order valence-corrected chi connectivity index (χ4v) is 6.39. The highest BCUT2D eigenvalue weighted by molar-refractivity contribution is 6.01. The number of carboxylic acids is 1. The number of carbonyl (C=O) groups is 3. The van der Waals surface area contributed by atoms with Crippen molar-refractivity contribution in [2.45, 2.75) is 82.5 Å². The number of nitrogens with one attached hydrogen (secondary N) is 1. The van der Waals surface area contributed by atoms with Crippen LogP contribution >= 0.6 is 0 Å². The van der Waals surface area contributed by atoms with Crippen molar-refractivity contribution in [2.24, 2.45) is 17.1 Å². The van der Waals surface area contributed by atoms with Gasteiger partial charge in [0.05, 0.1) is 13.2 Å². The monoisotopic (exact) mass is 469 g/mol. The molecular weight excluding hydrogens is 434 g/mol. The lowest BCUT2D eigenvalue weighted by molar-refractivity contribution is -0.178. The van der Waals surface area contributed by atoms with Gasteiger partial charge >= 0.3 is 5.97 Å². The number of rotatable bonds is 9. The summed E-state index contributed by atoms with van der Waals surface area (Å²) in [7, 11) is 0. The molecule has 2 aliphatic carbocycles. The zero-order valence-corrected chi connectivity index (χ0v) is 19.6. The number of nitrogens with two attached hydrogens (primary N) is 1. The Morgan fingerprint density at radius 2 is 2.03 bits per heavy atom. The van der Waals surface area contributed by atoms with Gasteiger partial charge in [0, 0.05) is 36.0 Å². The van der Waals surface area contributed by atoms with E-state index in [9.17, 15) is 14.4 Å². The topological polar surface area (TPSA) is 122 Å². The summed E-state index contributed by atoms with van der Waals surface area (Å²) in [5.41, 5.74) is 8.60. The summed E-state index contributed by atoms with van der Waals surface area (Å²) in [5.74, 6) is -1.35. The number of fused-ring (bicyclic) bond motifs is 1. The highest BCUT2D eigenvalue weighted by Crippen LogP contribution is 2.47. The number of ether oxygens (including phenoxy) is 1. The molecule has 4 aliphatic rings. The van der Waals surface area contributed by atoms with Crippen LogP contribution in [0.5, 0.6) is 0 Å². The summed E-state index contributed by atoms with van der Waals surface area (Å²) >= 11 is 0. The molecular formula is C26H35N3O5. The molecule has 8 nitrogen and oxygen atoms in total. The van der Waals surface area contributed by atoms with Crippen molar-refractivity contribution in [3.05, 3.63) is 34.9 Å². The third-order valence-electron chi connectivity index (χ3n) is 8.61. The van der Waals surface area contributed by atoms with Crippen molar-refractivity contribution in [3.63, 3.8) is 0 Å².